The standard InChI is InChI=1S/C16H22O4/c1-5-18-14-9-7-13(15(11-14)19-6-2)8-10-16(17)20-12(3)4/h7-12H,5-6H2,1-4H3. The molecule has 0 saturated heterocycles. The van der Waals surface area contributed by atoms with Gasteiger partial charge in [0.2, 0.25) is 0 Å². The fourth-order valence-electron chi connectivity index (χ4n) is 1.62. The highest BCUT2D eigenvalue weighted by Crippen LogP contribution is 2.26. The summed E-state index contributed by atoms with van der Waals surface area (Å²) in [6.45, 7) is 8.61. The number of rotatable bonds is 7. The van der Waals surface area contributed by atoms with Gasteiger partial charge in [0, 0.05) is 17.7 Å². The third-order valence-corrected chi connectivity index (χ3v) is 2.35. The second-order valence-electron chi connectivity index (χ2n) is 4.38. The van der Waals surface area contributed by atoms with E-state index in [1.807, 2.05) is 45.9 Å². The van der Waals surface area contributed by atoms with Crippen LogP contribution in [-0.4, -0.2) is 25.3 Å². The molecule has 1 aromatic carbocycles. The molecule has 0 heterocycles. The normalized spacial score (nSPS) is 10.8. The van der Waals surface area contributed by atoms with Crippen LogP contribution in [0.4, 0.5) is 0 Å². The number of carbonyl (C=O) groups excluding carboxylic acids is 1. The fraction of sp³-hybridized carbons (Fsp3) is 0.438. The highest BCUT2D eigenvalue weighted by atomic mass is 16.5. The molecule has 4 heteroatoms. The van der Waals surface area contributed by atoms with E-state index in [2.05, 4.69) is 0 Å². The van der Waals surface area contributed by atoms with Crippen molar-refractivity contribution in [2.24, 2.45) is 0 Å². The third-order valence-electron chi connectivity index (χ3n) is 2.35. The topological polar surface area (TPSA) is 44.8 Å². The number of carbonyl (C=O) groups is 1. The molecule has 0 aliphatic rings. The molecule has 0 bridgehead atoms. The van der Waals surface area contributed by atoms with Crippen LogP contribution in [0.2, 0.25) is 0 Å². The van der Waals surface area contributed by atoms with Crippen molar-refractivity contribution in [3.63, 3.8) is 0 Å². The van der Waals surface area contributed by atoms with Crippen LogP contribution in [0.1, 0.15) is 33.3 Å². The first-order valence-electron chi connectivity index (χ1n) is 6.85. The van der Waals surface area contributed by atoms with Crippen molar-refractivity contribution in [1.82, 2.24) is 0 Å². The van der Waals surface area contributed by atoms with Crippen LogP contribution in [0, 0.1) is 0 Å². The lowest BCUT2D eigenvalue weighted by atomic mass is 10.1. The molecule has 0 N–H and O–H groups in total. The van der Waals surface area contributed by atoms with Crippen LogP contribution in [0.15, 0.2) is 24.3 Å². The molecule has 0 aromatic heterocycles. The summed E-state index contributed by atoms with van der Waals surface area (Å²) in [5.41, 5.74) is 0.816. The molecule has 1 rings (SSSR count). The smallest absolute Gasteiger partial charge is 0.331 e. The number of benzene rings is 1. The summed E-state index contributed by atoms with van der Waals surface area (Å²) >= 11 is 0. The van der Waals surface area contributed by atoms with Gasteiger partial charge in [-0.1, -0.05) is 0 Å². The third kappa shape index (κ3) is 5.34. The molecule has 1 aromatic rings. The largest absolute Gasteiger partial charge is 0.494 e. The Hall–Kier alpha value is -1.97. The van der Waals surface area contributed by atoms with Gasteiger partial charge < -0.3 is 14.2 Å². The van der Waals surface area contributed by atoms with Gasteiger partial charge in [0.15, 0.2) is 0 Å². The van der Waals surface area contributed by atoms with Crippen LogP contribution >= 0.6 is 0 Å². The number of hydrogen-bond acceptors (Lipinski definition) is 4. The monoisotopic (exact) mass is 278 g/mol. The first kappa shape index (κ1) is 16.1. The summed E-state index contributed by atoms with van der Waals surface area (Å²) in [7, 11) is 0. The Morgan fingerprint density at radius 2 is 1.90 bits per heavy atom. The van der Waals surface area contributed by atoms with Gasteiger partial charge in [-0.05, 0) is 45.9 Å². The maximum atomic E-state index is 11.5. The lowest BCUT2D eigenvalue weighted by Crippen LogP contribution is -2.08. The maximum Gasteiger partial charge on any atom is 0.331 e. The van der Waals surface area contributed by atoms with Crippen LogP contribution in [0.25, 0.3) is 6.08 Å². The van der Waals surface area contributed by atoms with Crippen molar-refractivity contribution in [2.45, 2.75) is 33.8 Å². The van der Waals surface area contributed by atoms with Gasteiger partial charge in [-0.3, -0.25) is 0 Å². The van der Waals surface area contributed by atoms with Crippen molar-refractivity contribution in [2.75, 3.05) is 13.2 Å². The highest BCUT2D eigenvalue weighted by molar-refractivity contribution is 5.87. The van der Waals surface area contributed by atoms with Gasteiger partial charge in [0.05, 0.1) is 19.3 Å². The molecular formula is C16H22O4. The minimum absolute atomic E-state index is 0.126. The molecule has 20 heavy (non-hydrogen) atoms. The zero-order chi connectivity index (χ0) is 15.0. The SMILES string of the molecule is CCOc1ccc(C=CC(=O)OC(C)C)c(OCC)c1. The van der Waals surface area contributed by atoms with Crippen LogP contribution < -0.4 is 9.47 Å². The van der Waals surface area contributed by atoms with Gasteiger partial charge >= 0.3 is 5.97 Å². The first-order chi connectivity index (χ1) is 9.56. The Morgan fingerprint density at radius 3 is 2.50 bits per heavy atom. The number of esters is 1. The molecule has 0 amide bonds. The summed E-state index contributed by atoms with van der Waals surface area (Å²) in [4.78, 5) is 11.5. The first-order valence-corrected chi connectivity index (χ1v) is 6.85. The Labute approximate surface area is 120 Å². The van der Waals surface area contributed by atoms with E-state index < -0.39 is 0 Å². The maximum absolute atomic E-state index is 11.5. The Morgan fingerprint density at radius 1 is 1.20 bits per heavy atom. The zero-order valence-corrected chi connectivity index (χ0v) is 12.5. The molecule has 4 nitrogen and oxygen atoms in total. The van der Waals surface area contributed by atoms with Crippen molar-refractivity contribution in [3.05, 3.63) is 29.8 Å². The molecule has 0 saturated carbocycles. The average Bonchev–Trinajstić information content (AvgIpc) is 2.38. The van der Waals surface area contributed by atoms with Gasteiger partial charge in [0.1, 0.15) is 11.5 Å². The average molecular weight is 278 g/mol. The Balaban J connectivity index is 2.87. The molecule has 0 aliphatic heterocycles. The molecule has 0 radical (unpaired) electrons. The Kier molecular flexibility index (Phi) is 6.64. The molecule has 0 unspecified atom stereocenters. The van der Waals surface area contributed by atoms with Crippen molar-refractivity contribution >= 4 is 12.0 Å². The van der Waals surface area contributed by atoms with Gasteiger partial charge in [0.25, 0.3) is 0 Å². The summed E-state index contributed by atoms with van der Waals surface area (Å²) in [6, 6.07) is 5.52. The van der Waals surface area contributed by atoms with E-state index in [9.17, 15) is 4.79 Å². The molecule has 0 fully saturated rings. The van der Waals surface area contributed by atoms with Crippen molar-refractivity contribution in [3.8, 4) is 11.5 Å². The van der Waals surface area contributed by atoms with Crippen LogP contribution in [0.3, 0.4) is 0 Å². The molecule has 110 valence electrons. The summed E-state index contributed by atoms with van der Waals surface area (Å²) in [6.07, 6.45) is 2.96. The Bertz CT molecular complexity index is 464. The number of hydrogen-bond donors (Lipinski definition) is 0. The zero-order valence-electron chi connectivity index (χ0n) is 12.5. The van der Waals surface area contributed by atoms with Gasteiger partial charge in [-0.25, -0.2) is 4.79 Å². The summed E-state index contributed by atoms with van der Waals surface area (Å²) < 4.78 is 16.0. The summed E-state index contributed by atoms with van der Waals surface area (Å²) in [5.74, 6) is 1.07. The summed E-state index contributed by atoms with van der Waals surface area (Å²) in [5, 5.41) is 0. The predicted molar refractivity (Wildman–Crippen MR) is 79.0 cm³/mol. The van der Waals surface area contributed by atoms with E-state index in [-0.39, 0.29) is 12.1 Å². The minimum Gasteiger partial charge on any atom is -0.494 e. The molecule has 0 aliphatic carbocycles. The molecular weight excluding hydrogens is 256 g/mol. The lowest BCUT2D eigenvalue weighted by molar-refractivity contribution is -0.141. The van der Waals surface area contributed by atoms with E-state index in [0.29, 0.717) is 19.0 Å². The van der Waals surface area contributed by atoms with Crippen molar-refractivity contribution < 1.29 is 19.0 Å². The van der Waals surface area contributed by atoms with E-state index in [0.717, 1.165) is 11.3 Å². The minimum atomic E-state index is -0.365. The number of ether oxygens (including phenoxy) is 3. The second kappa shape index (κ2) is 8.25. The lowest BCUT2D eigenvalue weighted by Gasteiger charge is -2.10. The predicted octanol–water partition coefficient (Wildman–Crippen LogP) is 3.45. The van der Waals surface area contributed by atoms with E-state index in [4.69, 9.17) is 14.2 Å². The van der Waals surface area contributed by atoms with Crippen molar-refractivity contribution in [1.29, 1.82) is 0 Å². The molecule has 0 atom stereocenters. The molecule has 0 spiro atoms. The fourth-order valence-corrected chi connectivity index (χ4v) is 1.62. The van der Waals surface area contributed by atoms with Gasteiger partial charge in [-0.2, -0.15) is 0 Å². The van der Waals surface area contributed by atoms with E-state index in [1.165, 1.54) is 6.08 Å². The van der Waals surface area contributed by atoms with Crippen LogP contribution in [0.5, 0.6) is 11.5 Å². The highest BCUT2D eigenvalue weighted by Gasteiger charge is 2.05. The van der Waals surface area contributed by atoms with E-state index >= 15 is 0 Å². The van der Waals surface area contributed by atoms with E-state index in [1.54, 1.807) is 6.08 Å². The van der Waals surface area contributed by atoms with Gasteiger partial charge in [-0.15, -0.1) is 0 Å². The quantitative estimate of drug-likeness (QED) is 0.566. The second-order valence-corrected chi connectivity index (χ2v) is 4.38. The van der Waals surface area contributed by atoms with Crippen LogP contribution in [-0.2, 0) is 9.53 Å².